The number of aromatic nitrogens is 3. The van der Waals surface area contributed by atoms with Crippen molar-refractivity contribution >= 4 is 36.1 Å². The molecule has 0 radical (unpaired) electrons. The maximum Gasteiger partial charge on any atom is 0.474 e. The number of hydrogen-bond acceptors (Lipinski definition) is 9. The number of anilines is 1. The highest BCUT2D eigenvalue weighted by Gasteiger charge is 2.63. The molecule has 4 N–H and O–H groups in total. The first-order valence-corrected chi connectivity index (χ1v) is 17.3. The van der Waals surface area contributed by atoms with Gasteiger partial charge in [-0.15, -0.1) is 0 Å². The van der Waals surface area contributed by atoms with Crippen LogP contribution < -0.4 is 15.0 Å². The molecule has 7 rings (SSSR count). The zero-order chi connectivity index (χ0) is 34.2. The number of ether oxygens (including phenoxy) is 1. The lowest BCUT2D eigenvalue weighted by Crippen LogP contribution is -2.60. The molecule has 0 aliphatic carbocycles. The van der Waals surface area contributed by atoms with Gasteiger partial charge in [-0.1, -0.05) is 11.6 Å². The lowest BCUT2D eigenvalue weighted by molar-refractivity contribution is -0.966. The molecule has 4 aliphatic heterocycles. The van der Waals surface area contributed by atoms with Gasteiger partial charge in [-0.25, -0.2) is 17.9 Å². The first kappa shape index (κ1) is 33.6. The van der Waals surface area contributed by atoms with Gasteiger partial charge >= 0.3 is 20.0 Å². The number of hydrogen-bond donors (Lipinski definition) is 4. The summed E-state index contributed by atoms with van der Waals surface area (Å²) >= 11 is 5.87. The van der Waals surface area contributed by atoms with Gasteiger partial charge in [0.05, 0.1) is 22.5 Å². The minimum atomic E-state index is -5.02. The summed E-state index contributed by atoms with van der Waals surface area (Å²) in [6.45, 7) is 0.690. The Balaban J connectivity index is 1.32. The van der Waals surface area contributed by atoms with Gasteiger partial charge in [0.25, 0.3) is 0 Å². The molecule has 3 unspecified atom stereocenters. The first-order chi connectivity index (χ1) is 22.6. The summed E-state index contributed by atoms with van der Waals surface area (Å²) in [4.78, 5) is 33.6. The van der Waals surface area contributed by atoms with Crippen molar-refractivity contribution in [2.45, 2.75) is 62.1 Å². The molecule has 6 heterocycles. The van der Waals surface area contributed by atoms with Gasteiger partial charge in [-0.3, -0.25) is 9.47 Å². The molecular formula is C29H32ClF5N6O6P+. The molecule has 0 amide bonds. The zero-order valence-corrected chi connectivity index (χ0v) is 26.9. The van der Waals surface area contributed by atoms with Gasteiger partial charge in [0, 0.05) is 56.2 Å². The van der Waals surface area contributed by atoms with Crippen LogP contribution in [0.4, 0.5) is 27.8 Å². The minimum Gasteiger partial charge on any atom is -0.508 e. The summed E-state index contributed by atoms with van der Waals surface area (Å²) < 4.78 is 96.2. The van der Waals surface area contributed by atoms with E-state index in [9.17, 15) is 37.0 Å². The van der Waals surface area contributed by atoms with E-state index in [-0.39, 0.29) is 58.9 Å². The average molecular weight is 722 g/mol. The van der Waals surface area contributed by atoms with E-state index >= 15 is 4.39 Å². The van der Waals surface area contributed by atoms with E-state index in [4.69, 9.17) is 20.9 Å². The van der Waals surface area contributed by atoms with E-state index in [1.54, 1.807) is 0 Å². The molecular weight excluding hydrogens is 690 g/mol. The van der Waals surface area contributed by atoms with Crippen molar-refractivity contribution in [1.82, 2.24) is 20.3 Å². The molecule has 3 aromatic rings. The smallest absolute Gasteiger partial charge is 0.474 e. The monoisotopic (exact) mass is 721 g/mol. The van der Waals surface area contributed by atoms with Crippen molar-refractivity contribution in [3.8, 4) is 23.0 Å². The van der Waals surface area contributed by atoms with E-state index in [0.717, 1.165) is 18.9 Å². The first-order valence-electron chi connectivity index (χ1n) is 15.4. The highest BCUT2D eigenvalue weighted by atomic mass is 35.5. The van der Waals surface area contributed by atoms with Crippen molar-refractivity contribution in [3.05, 3.63) is 34.7 Å². The van der Waals surface area contributed by atoms with Crippen molar-refractivity contribution in [3.63, 3.8) is 0 Å². The number of alkyl halides is 4. The molecule has 19 heteroatoms. The Bertz CT molecular complexity index is 1810. The van der Waals surface area contributed by atoms with Gasteiger partial charge in [-0.05, 0) is 25.0 Å². The number of phosphoric ester groups is 1. The molecule has 4 aliphatic rings. The number of fused-ring (bicyclic) bond motifs is 4. The third-order valence-electron chi connectivity index (χ3n) is 10.1. The Morgan fingerprint density at radius 2 is 1.92 bits per heavy atom. The number of aromatic hydroxyl groups is 1. The maximum atomic E-state index is 16.5. The van der Waals surface area contributed by atoms with Crippen LogP contribution >= 0.6 is 19.4 Å². The summed E-state index contributed by atoms with van der Waals surface area (Å²) in [5.74, 6) is -1.60. The van der Waals surface area contributed by atoms with Crippen LogP contribution in [0.2, 0.25) is 5.02 Å². The summed E-state index contributed by atoms with van der Waals surface area (Å²) in [6, 6.07) is 1.37. The van der Waals surface area contributed by atoms with E-state index in [2.05, 4.69) is 20.3 Å². The number of rotatable bonds is 8. The number of phenolic OH excluding ortho intramolecular Hbond substituents is 1. The molecule has 5 atom stereocenters. The molecule has 0 saturated carbocycles. The molecule has 48 heavy (non-hydrogen) atoms. The summed E-state index contributed by atoms with van der Waals surface area (Å²) in [6.07, 6.45) is -2.26. The van der Waals surface area contributed by atoms with Gasteiger partial charge in [0.1, 0.15) is 41.5 Å². The second-order valence-electron chi connectivity index (χ2n) is 13.1. The Hall–Kier alpha value is -2.92. The molecule has 1 aromatic carbocycles. The molecule has 2 bridgehead atoms. The van der Waals surface area contributed by atoms with Crippen LogP contribution in [0.25, 0.3) is 22.2 Å². The van der Waals surface area contributed by atoms with Gasteiger partial charge in [0.15, 0.2) is 18.7 Å². The Morgan fingerprint density at radius 1 is 1.19 bits per heavy atom. The van der Waals surface area contributed by atoms with Crippen molar-refractivity contribution in [2.75, 3.05) is 44.4 Å². The Morgan fingerprint density at radius 3 is 2.60 bits per heavy atom. The number of phosphoric acid groups is 1. The Kier molecular flexibility index (Phi) is 8.29. The second kappa shape index (κ2) is 11.9. The fourth-order valence-corrected chi connectivity index (χ4v) is 8.77. The van der Waals surface area contributed by atoms with E-state index in [1.165, 1.54) is 6.20 Å². The number of quaternary nitrogens is 1. The van der Waals surface area contributed by atoms with Crippen LogP contribution in [0.15, 0.2) is 18.3 Å². The predicted molar refractivity (Wildman–Crippen MR) is 162 cm³/mol. The number of nitrogens with zero attached hydrogens (tertiary/aromatic N) is 5. The number of phenols is 1. The van der Waals surface area contributed by atoms with Crippen LogP contribution in [-0.2, 0) is 15.3 Å². The lowest BCUT2D eigenvalue weighted by atomic mass is 9.94. The molecule has 4 fully saturated rings. The molecule has 4 saturated heterocycles. The summed E-state index contributed by atoms with van der Waals surface area (Å²) in [5.41, 5.74) is -4.26. The molecule has 260 valence electrons. The standard InChI is InChI=1S/C29H31ClF5N6O6P/c30-21-7-18(42)6-19(22(21)29(33,34)35)24-23(32)25-20(9-36-24)26(40-10-16-2-3-17(11-40)37-16)39-27(38-25)46-13-28-4-1-5-41(28,12-15(31)8-28)14-47-48(43,44)45/h6-7,9,15-17,37H,1-5,8,10-14H2,(H2-,42,43,44,45)/p+1/t15-,16?,17?,28+,41?/m1/s1. The predicted octanol–water partition coefficient (Wildman–Crippen LogP) is 4.69. The van der Waals surface area contributed by atoms with E-state index < -0.39 is 65.9 Å². The second-order valence-corrected chi connectivity index (χ2v) is 14.8. The number of halogens is 6. The highest BCUT2D eigenvalue weighted by Crippen LogP contribution is 2.50. The van der Waals surface area contributed by atoms with E-state index in [0.29, 0.717) is 38.5 Å². The summed E-state index contributed by atoms with van der Waals surface area (Å²) in [7, 11) is -4.87. The molecule has 12 nitrogen and oxygen atoms in total. The van der Waals surface area contributed by atoms with Crippen molar-refractivity contribution in [2.24, 2.45) is 0 Å². The van der Waals surface area contributed by atoms with Crippen LogP contribution in [0.1, 0.15) is 37.7 Å². The van der Waals surface area contributed by atoms with Crippen molar-refractivity contribution < 1.29 is 55.2 Å². The molecule has 0 spiro atoms. The lowest BCUT2D eigenvalue weighted by Gasteiger charge is -2.42. The maximum absolute atomic E-state index is 16.5. The number of pyridine rings is 1. The SMILES string of the molecule is O=P(O)(O)OC[N+]12CCC[C@@]1(COc1nc(N3CC4CCC(C3)N4)c3cnc(-c4cc(O)cc(Cl)c4C(F)(F)F)c(F)c3n1)C[C@@H](F)C2. The van der Waals surface area contributed by atoms with Crippen molar-refractivity contribution in [1.29, 1.82) is 0 Å². The fraction of sp³-hybridized carbons (Fsp3) is 0.552. The minimum absolute atomic E-state index is 0.0139. The highest BCUT2D eigenvalue weighted by molar-refractivity contribution is 7.46. The topological polar surface area (TPSA) is 150 Å². The van der Waals surface area contributed by atoms with Gasteiger partial charge < -0.3 is 29.8 Å². The summed E-state index contributed by atoms with van der Waals surface area (Å²) in [5, 5.41) is 12.9. The number of benzene rings is 1. The molecule has 2 aromatic heterocycles. The largest absolute Gasteiger partial charge is 0.508 e. The number of piperazine rings is 1. The van der Waals surface area contributed by atoms with Crippen LogP contribution in [-0.4, -0.2) is 97.6 Å². The Labute approximate surface area is 275 Å². The average Bonchev–Trinajstić information content (AvgIpc) is 3.60. The van der Waals surface area contributed by atoms with Crippen LogP contribution in [0.3, 0.4) is 0 Å². The third kappa shape index (κ3) is 5.97. The van der Waals surface area contributed by atoms with E-state index in [1.807, 2.05) is 4.90 Å². The van der Waals surface area contributed by atoms with Crippen LogP contribution in [0.5, 0.6) is 11.8 Å². The van der Waals surface area contributed by atoms with Gasteiger partial charge in [-0.2, -0.15) is 23.1 Å². The van der Waals surface area contributed by atoms with Crippen LogP contribution in [0, 0.1) is 5.82 Å². The zero-order valence-electron chi connectivity index (χ0n) is 25.3. The fourth-order valence-electron chi connectivity index (χ4n) is 8.08. The number of nitrogens with one attached hydrogen (secondary N) is 1. The third-order valence-corrected chi connectivity index (χ3v) is 10.8. The quantitative estimate of drug-likeness (QED) is 0.146. The normalized spacial score (nSPS) is 28.8. The van der Waals surface area contributed by atoms with Gasteiger partial charge in [0.2, 0.25) is 0 Å².